The highest BCUT2D eigenvalue weighted by Crippen LogP contribution is 2.20. The third-order valence-corrected chi connectivity index (χ3v) is 3.45. The smallest absolute Gasteiger partial charge is 0.0637 e. The minimum atomic E-state index is -0.0681. The van der Waals surface area contributed by atoms with Gasteiger partial charge in [0.05, 0.1) is 5.60 Å². The molecule has 102 valence electrons. The van der Waals surface area contributed by atoms with Gasteiger partial charge < -0.3 is 10.1 Å². The van der Waals surface area contributed by atoms with E-state index < -0.39 is 0 Å². The summed E-state index contributed by atoms with van der Waals surface area (Å²) < 4.78 is 5.49. The van der Waals surface area contributed by atoms with Crippen molar-refractivity contribution in [1.82, 2.24) is 5.32 Å². The molecule has 0 aliphatic rings. The Morgan fingerprint density at radius 2 is 1.83 bits per heavy atom. The van der Waals surface area contributed by atoms with Gasteiger partial charge in [-0.15, -0.1) is 0 Å². The van der Waals surface area contributed by atoms with Crippen LogP contribution in [0.5, 0.6) is 0 Å². The molecule has 0 aliphatic heterocycles. The van der Waals surface area contributed by atoms with Crippen LogP contribution in [0.2, 0.25) is 0 Å². The zero-order valence-corrected chi connectivity index (χ0v) is 12.4. The molecular formula is C16H27NO. The summed E-state index contributed by atoms with van der Waals surface area (Å²) in [5, 5.41) is 3.69. The molecule has 0 saturated carbocycles. The van der Waals surface area contributed by atoms with E-state index in [1.807, 2.05) is 0 Å². The molecular weight excluding hydrogens is 222 g/mol. The Hall–Kier alpha value is -0.860. The number of rotatable bonds is 7. The average molecular weight is 249 g/mol. The summed E-state index contributed by atoms with van der Waals surface area (Å²) in [5.74, 6) is 0. The van der Waals surface area contributed by atoms with Crippen LogP contribution >= 0.6 is 0 Å². The topological polar surface area (TPSA) is 21.3 Å². The van der Waals surface area contributed by atoms with E-state index in [0.29, 0.717) is 12.1 Å². The summed E-state index contributed by atoms with van der Waals surface area (Å²) in [5.41, 5.74) is 1.29. The van der Waals surface area contributed by atoms with Gasteiger partial charge in [0.2, 0.25) is 0 Å². The molecule has 0 fully saturated rings. The Kier molecular flexibility index (Phi) is 5.83. The van der Waals surface area contributed by atoms with Gasteiger partial charge in [-0.3, -0.25) is 0 Å². The predicted molar refractivity (Wildman–Crippen MR) is 77.8 cm³/mol. The molecule has 0 saturated heterocycles. The zero-order valence-electron chi connectivity index (χ0n) is 12.4. The third kappa shape index (κ3) is 4.79. The molecule has 0 bridgehead atoms. The van der Waals surface area contributed by atoms with Crippen LogP contribution < -0.4 is 5.32 Å². The standard InChI is InChI=1S/C16H27NO/c1-6-15(14-10-8-7-9-11-14)17-13(2)12-16(3,4)18-5/h7-11,13,15,17H,6,12H2,1-5H3. The van der Waals surface area contributed by atoms with E-state index in [0.717, 1.165) is 12.8 Å². The van der Waals surface area contributed by atoms with Crippen molar-refractivity contribution in [3.63, 3.8) is 0 Å². The van der Waals surface area contributed by atoms with Crippen molar-refractivity contribution >= 4 is 0 Å². The number of hydrogen-bond donors (Lipinski definition) is 1. The summed E-state index contributed by atoms with van der Waals surface area (Å²) in [6.07, 6.45) is 2.11. The first kappa shape index (κ1) is 15.2. The minimum absolute atomic E-state index is 0.0681. The lowest BCUT2D eigenvalue weighted by Crippen LogP contribution is -2.37. The Balaban J connectivity index is 2.59. The number of methoxy groups -OCH3 is 1. The number of hydrogen-bond acceptors (Lipinski definition) is 2. The summed E-state index contributed by atoms with van der Waals surface area (Å²) >= 11 is 0. The second-order valence-electron chi connectivity index (χ2n) is 5.61. The first-order chi connectivity index (χ1) is 8.48. The van der Waals surface area contributed by atoms with Crippen LogP contribution in [0.25, 0.3) is 0 Å². The van der Waals surface area contributed by atoms with Crippen LogP contribution in [0.4, 0.5) is 0 Å². The van der Waals surface area contributed by atoms with Gasteiger partial charge in [0.1, 0.15) is 0 Å². The third-order valence-electron chi connectivity index (χ3n) is 3.45. The summed E-state index contributed by atoms with van der Waals surface area (Å²) in [7, 11) is 1.78. The maximum atomic E-state index is 5.49. The van der Waals surface area contributed by atoms with Crippen LogP contribution in [0, 0.1) is 0 Å². The first-order valence-corrected chi connectivity index (χ1v) is 6.84. The van der Waals surface area contributed by atoms with Gasteiger partial charge in [0, 0.05) is 19.2 Å². The molecule has 0 heterocycles. The monoisotopic (exact) mass is 249 g/mol. The lowest BCUT2D eigenvalue weighted by atomic mass is 9.97. The van der Waals surface area contributed by atoms with Crippen LogP contribution in [-0.2, 0) is 4.74 Å². The van der Waals surface area contributed by atoms with E-state index in [1.54, 1.807) is 7.11 Å². The van der Waals surface area contributed by atoms with Crippen molar-refractivity contribution in [2.45, 2.75) is 58.2 Å². The van der Waals surface area contributed by atoms with Crippen molar-refractivity contribution in [3.8, 4) is 0 Å². The lowest BCUT2D eigenvalue weighted by molar-refractivity contribution is 0.00760. The van der Waals surface area contributed by atoms with Gasteiger partial charge in [-0.1, -0.05) is 37.3 Å². The molecule has 1 aromatic carbocycles. The molecule has 0 spiro atoms. The highest BCUT2D eigenvalue weighted by Gasteiger charge is 2.21. The normalized spacial score (nSPS) is 15.4. The lowest BCUT2D eigenvalue weighted by Gasteiger charge is -2.30. The molecule has 18 heavy (non-hydrogen) atoms. The van der Waals surface area contributed by atoms with Gasteiger partial charge >= 0.3 is 0 Å². The summed E-state index contributed by atoms with van der Waals surface area (Å²) in [6, 6.07) is 11.5. The van der Waals surface area contributed by atoms with E-state index in [2.05, 4.69) is 63.3 Å². The predicted octanol–water partition coefficient (Wildman–Crippen LogP) is 3.93. The zero-order chi connectivity index (χ0) is 13.6. The van der Waals surface area contributed by atoms with Crippen LogP contribution in [0.3, 0.4) is 0 Å². The Morgan fingerprint density at radius 3 is 2.33 bits per heavy atom. The molecule has 0 aromatic heterocycles. The van der Waals surface area contributed by atoms with Crippen molar-refractivity contribution in [3.05, 3.63) is 35.9 Å². The second kappa shape index (κ2) is 6.91. The SMILES string of the molecule is CCC(NC(C)CC(C)(C)OC)c1ccccc1. The first-order valence-electron chi connectivity index (χ1n) is 6.84. The molecule has 1 rings (SSSR count). The quantitative estimate of drug-likeness (QED) is 0.790. The highest BCUT2D eigenvalue weighted by molar-refractivity contribution is 5.18. The van der Waals surface area contributed by atoms with Crippen LogP contribution in [0.15, 0.2) is 30.3 Å². The fourth-order valence-electron chi connectivity index (χ4n) is 2.36. The van der Waals surface area contributed by atoms with E-state index in [4.69, 9.17) is 4.74 Å². The van der Waals surface area contributed by atoms with Crippen molar-refractivity contribution < 1.29 is 4.74 Å². The molecule has 0 radical (unpaired) electrons. The molecule has 1 aromatic rings. The van der Waals surface area contributed by atoms with Crippen molar-refractivity contribution in [1.29, 1.82) is 0 Å². The van der Waals surface area contributed by atoms with Crippen molar-refractivity contribution in [2.75, 3.05) is 7.11 Å². The largest absolute Gasteiger partial charge is 0.379 e. The van der Waals surface area contributed by atoms with E-state index in [1.165, 1.54) is 5.56 Å². The molecule has 2 unspecified atom stereocenters. The fraction of sp³-hybridized carbons (Fsp3) is 0.625. The summed E-state index contributed by atoms with van der Waals surface area (Å²) in [4.78, 5) is 0. The van der Waals surface area contributed by atoms with E-state index in [-0.39, 0.29) is 5.60 Å². The molecule has 2 atom stereocenters. The van der Waals surface area contributed by atoms with Gasteiger partial charge in [0.15, 0.2) is 0 Å². The Morgan fingerprint density at radius 1 is 1.22 bits per heavy atom. The highest BCUT2D eigenvalue weighted by atomic mass is 16.5. The molecule has 2 heteroatoms. The molecule has 1 N–H and O–H groups in total. The Bertz CT molecular complexity index is 334. The maximum absolute atomic E-state index is 5.49. The maximum Gasteiger partial charge on any atom is 0.0637 e. The van der Waals surface area contributed by atoms with Crippen LogP contribution in [-0.4, -0.2) is 18.8 Å². The second-order valence-corrected chi connectivity index (χ2v) is 5.61. The van der Waals surface area contributed by atoms with Crippen molar-refractivity contribution in [2.24, 2.45) is 0 Å². The molecule has 0 aliphatic carbocycles. The Labute approximate surface area is 112 Å². The molecule has 2 nitrogen and oxygen atoms in total. The average Bonchev–Trinajstić information content (AvgIpc) is 2.36. The van der Waals surface area contributed by atoms with Gasteiger partial charge in [0.25, 0.3) is 0 Å². The fourth-order valence-corrected chi connectivity index (χ4v) is 2.36. The number of nitrogens with one attached hydrogen (secondary N) is 1. The number of ether oxygens (including phenoxy) is 1. The molecule has 0 amide bonds. The van der Waals surface area contributed by atoms with Crippen LogP contribution in [0.1, 0.15) is 52.1 Å². The minimum Gasteiger partial charge on any atom is -0.379 e. The summed E-state index contributed by atoms with van der Waals surface area (Å²) in [6.45, 7) is 8.72. The van der Waals surface area contributed by atoms with Gasteiger partial charge in [-0.2, -0.15) is 0 Å². The van der Waals surface area contributed by atoms with Gasteiger partial charge in [-0.25, -0.2) is 0 Å². The number of benzene rings is 1. The van der Waals surface area contributed by atoms with E-state index >= 15 is 0 Å². The van der Waals surface area contributed by atoms with E-state index in [9.17, 15) is 0 Å². The van der Waals surface area contributed by atoms with Gasteiger partial charge in [-0.05, 0) is 39.2 Å².